The second-order valence-corrected chi connectivity index (χ2v) is 4.32. The molecule has 6 nitrogen and oxygen atoms in total. The lowest BCUT2D eigenvalue weighted by molar-refractivity contribution is 0.684. The van der Waals surface area contributed by atoms with E-state index >= 15 is 0 Å². The average Bonchev–Trinajstić information content (AvgIpc) is 2.29. The summed E-state index contributed by atoms with van der Waals surface area (Å²) in [4.78, 5) is 8.32. The number of anilines is 3. The Hall–Kier alpha value is -1.99. The third kappa shape index (κ3) is 2.99. The number of hydrogen-bond donors (Lipinski definition) is 3. The highest BCUT2D eigenvalue weighted by atomic mass is 32.2. The highest BCUT2D eigenvalue weighted by molar-refractivity contribution is 7.82. The zero-order valence-electron chi connectivity index (χ0n) is 8.83. The fourth-order valence-corrected chi connectivity index (χ4v) is 1.75. The van der Waals surface area contributed by atoms with Crippen LogP contribution in [-0.2, 0) is 11.0 Å². The molecule has 0 radical (unpaired) electrons. The van der Waals surface area contributed by atoms with Crippen LogP contribution >= 0.6 is 0 Å². The molecule has 0 spiro atoms. The van der Waals surface area contributed by atoms with Gasteiger partial charge in [-0.25, -0.2) is 14.3 Å². The summed E-state index contributed by atoms with van der Waals surface area (Å²) in [6, 6.07) is 8.63. The molecular weight excluding hydrogens is 238 g/mol. The van der Waals surface area contributed by atoms with Gasteiger partial charge in [0.15, 0.2) is 0 Å². The molecule has 0 bridgehead atoms. The van der Waals surface area contributed by atoms with Gasteiger partial charge >= 0.3 is 0 Å². The molecule has 1 aromatic heterocycles. The van der Waals surface area contributed by atoms with Crippen LogP contribution in [0.1, 0.15) is 0 Å². The number of nitrogens with one attached hydrogen (secondary N) is 1. The van der Waals surface area contributed by atoms with Crippen LogP contribution in [0.2, 0.25) is 0 Å². The molecule has 88 valence electrons. The molecule has 0 saturated heterocycles. The van der Waals surface area contributed by atoms with Gasteiger partial charge in [0.05, 0.1) is 4.90 Å². The second-order valence-electron chi connectivity index (χ2n) is 3.25. The third-order valence-corrected chi connectivity index (χ3v) is 2.73. The zero-order chi connectivity index (χ0) is 12.3. The molecule has 0 aliphatic heterocycles. The summed E-state index contributed by atoms with van der Waals surface area (Å²) in [7, 11) is -1.50. The predicted octanol–water partition coefficient (Wildman–Crippen LogP) is 0.784. The molecule has 2 aromatic rings. The highest BCUT2D eigenvalue weighted by Crippen LogP contribution is 2.17. The number of rotatable bonds is 3. The molecule has 0 amide bonds. The summed E-state index contributed by atoms with van der Waals surface area (Å²) in [5.41, 5.74) is 6.20. The lowest BCUT2D eigenvalue weighted by Gasteiger charge is -2.06. The minimum atomic E-state index is -1.50. The third-order valence-electron chi connectivity index (χ3n) is 2.01. The van der Waals surface area contributed by atoms with Crippen molar-refractivity contribution in [1.82, 2.24) is 9.97 Å². The van der Waals surface area contributed by atoms with Crippen LogP contribution in [0.4, 0.5) is 17.5 Å². The first-order valence-corrected chi connectivity index (χ1v) is 5.98. The molecule has 1 atom stereocenters. The van der Waals surface area contributed by atoms with Gasteiger partial charge in [0, 0.05) is 11.9 Å². The van der Waals surface area contributed by atoms with E-state index in [0.29, 0.717) is 10.7 Å². The Kier molecular flexibility index (Phi) is 3.31. The van der Waals surface area contributed by atoms with E-state index < -0.39 is 11.0 Å². The van der Waals surface area contributed by atoms with Crippen molar-refractivity contribution in [2.75, 3.05) is 11.1 Å². The van der Waals surface area contributed by atoms with Crippen molar-refractivity contribution in [2.24, 2.45) is 5.14 Å². The van der Waals surface area contributed by atoms with E-state index in [4.69, 9.17) is 10.9 Å². The smallest absolute Gasteiger partial charge is 0.221 e. The Balaban J connectivity index is 2.24. The SMILES string of the molecule is Nc1nccc(Nc2cccc(S(N)=O)c2)n1. The van der Waals surface area contributed by atoms with Crippen molar-refractivity contribution in [3.8, 4) is 0 Å². The van der Waals surface area contributed by atoms with Gasteiger partial charge in [-0.15, -0.1) is 0 Å². The molecule has 0 fully saturated rings. The molecule has 2 rings (SSSR count). The van der Waals surface area contributed by atoms with Crippen molar-refractivity contribution in [3.05, 3.63) is 36.5 Å². The first-order chi connectivity index (χ1) is 8.15. The Labute approximate surface area is 101 Å². The summed E-state index contributed by atoms with van der Waals surface area (Å²) in [6.07, 6.45) is 1.55. The van der Waals surface area contributed by atoms with Gasteiger partial charge in [-0.3, -0.25) is 0 Å². The number of aromatic nitrogens is 2. The maximum Gasteiger partial charge on any atom is 0.221 e. The van der Waals surface area contributed by atoms with Crippen LogP contribution < -0.4 is 16.2 Å². The van der Waals surface area contributed by atoms with E-state index in [1.807, 2.05) is 6.07 Å². The Morgan fingerprint density at radius 3 is 2.82 bits per heavy atom. The average molecular weight is 249 g/mol. The van der Waals surface area contributed by atoms with Gasteiger partial charge in [-0.1, -0.05) is 6.07 Å². The minimum absolute atomic E-state index is 0.188. The summed E-state index contributed by atoms with van der Waals surface area (Å²) >= 11 is 0. The quantitative estimate of drug-likeness (QED) is 0.745. The van der Waals surface area contributed by atoms with Gasteiger partial charge in [-0.2, -0.15) is 4.98 Å². The summed E-state index contributed by atoms with van der Waals surface area (Å²) < 4.78 is 11.1. The molecule has 0 saturated carbocycles. The van der Waals surface area contributed by atoms with Gasteiger partial charge in [0.2, 0.25) is 5.95 Å². The van der Waals surface area contributed by atoms with E-state index in [1.54, 1.807) is 30.5 Å². The van der Waals surface area contributed by atoms with Crippen molar-refractivity contribution >= 4 is 28.4 Å². The Bertz CT molecular complexity index is 560. The first-order valence-electron chi connectivity index (χ1n) is 4.77. The molecule has 1 heterocycles. The minimum Gasteiger partial charge on any atom is -0.368 e. The summed E-state index contributed by atoms with van der Waals surface area (Å²) in [5, 5.41) is 8.32. The van der Waals surface area contributed by atoms with Crippen LogP contribution in [0, 0.1) is 0 Å². The predicted molar refractivity (Wildman–Crippen MR) is 66.8 cm³/mol. The summed E-state index contributed by atoms with van der Waals surface area (Å²) in [5.74, 6) is 0.756. The Morgan fingerprint density at radius 2 is 2.12 bits per heavy atom. The van der Waals surface area contributed by atoms with Crippen LogP contribution in [0.5, 0.6) is 0 Å². The molecule has 7 heteroatoms. The molecule has 0 aliphatic carbocycles. The first kappa shape index (κ1) is 11.5. The molecule has 1 aromatic carbocycles. The fourth-order valence-electron chi connectivity index (χ4n) is 1.29. The monoisotopic (exact) mass is 249 g/mol. The standard InChI is InChI=1S/C10H11N5OS/c11-10-13-5-4-9(15-10)14-7-2-1-3-8(6-7)17(12)16/h1-6H,12H2,(H3,11,13,14,15). The lowest BCUT2D eigenvalue weighted by atomic mass is 10.3. The number of benzene rings is 1. The largest absolute Gasteiger partial charge is 0.368 e. The highest BCUT2D eigenvalue weighted by Gasteiger charge is 2.01. The number of nitrogens with zero attached hydrogens (tertiary/aromatic N) is 2. The van der Waals surface area contributed by atoms with Gasteiger partial charge in [-0.05, 0) is 24.3 Å². The zero-order valence-corrected chi connectivity index (χ0v) is 9.65. The van der Waals surface area contributed by atoms with Crippen molar-refractivity contribution in [1.29, 1.82) is 0 Å². The topological polar surface area (TPSA) is 107 Å². The molecule has 0 aliphatic rings. The van der Waals surface area contributed by atoms with E-state index in [1.165, 1.54) is 0 Å². The van der Waals surface area contributed by atoms with Crippen LogP contribution in [0.15, 0.2) is 41.4 Å². The summed E-state index contributed by atoms with van der Waals surface area (Å²) in [6.45, 7) is 0. The molecular formula is C10H11N5OS. The van der Waals surface area contributed by atoms with E-state index in [2.05, 4.69) is 15.3 Å². The van der Waals surface area contributed by atoms with Crippen molar-refractivity contribution in [2.45, 2.75) is 4.90 Å². The number of nitrogen functional groups attached to an aromatic ring is 1. The van der Waals surface area contributed by atoms with E-state index in [9.17, 15) is 4.21 Å². The van der Waals surface area contributed by atoms with Crippen LogP contribution in [0.25, 0.3) is 0 Å². The van der Waals surface area contributed by atoms with Gasteiger partial charge in [0.25, 0.3) is 0 Å². The van der Waals surface area contributed by atoms with Crippen molar-refractivity contribution in [3.63, 3.8) is 0 Å². The number of hydrogen-bond acceptors (Lipinski definition) is 5. The number of nitrogens with two attached hydrogens (primary N) is 2. The molecule has 5 N–H and O–H groups in total. The fraction of sp³-hybridized carbons (Fsp3) is 0. The molecule has 17 heavy (non-hydrogen) atoms. The Morgan fingerprint density at radius 1 is 1.29 bits per heavy atom. The van der Waals surface area contributed by atoms with Crippen LogP contribution in [0.3, 0.4) is 0 Å². The van der Waals surface area contributed by atoms with Gasteiger partial charge in [0.1, 0.15) is 16.8 Å². The maximum atomic E-state index is 11.1. The van der Waals surface area contributed by atoms with Crippen LogP contribution in [-0.4, -0.2) is 14.2 Å². The lowest BCUT2D eigenvalue weighted by Crippen LogP contribution is -2.03. The normalized spacial score (nSPS) is 12.1. The molecule has 1 unspecified atom stereocenters. The van der Waals surface area contributed by atoms with E-state index in [-0.39, 0.29) is 5.95 Å². The second kappa shape index (κ2) is 4.89. The maximum absolute atomic E-state index is 11.1. The van der Waals surface area contributed by atoms with Gasteiger partial charge < -0.3 is 11.1 Å². The van der Waals surface area contributed by atoms with Crippen molar-refractivity contribution < 1.29 is 4.21 Å². The van der Waals surface area contributed by atoms with E-state index in [0.717, 1.165) is 5.69 Å².